The molecular formula is C28H41N7O2S. The van der Waals surface area contributed by atoms with E-state index in [1.807, 2.05) is 25.4 Å². The summed E-state index contributed by atoms with van der Waals surface area (Å²) in [4.78, 5) is 12.0. The minimum Gasteiger partial charge on any atom is -0.354 e. The van der Waals surface area contributed by atoms with Crippen molar-refractivity contribution in [1.29, 1.82) is 0 Å². The highest BCUT2D eigenvalue weighted by Gasteiger charge is 2.27. The maximum absolute atomic E-state index is 13.2. The van der Waals surface area contributed by atoms with Crippen molar-refractivity contribution in [2.24, 2.45) is 11.7 Å². The predicted molar refractivity (Wildman–Crippen MR) is 153 cm³/mol. The Kier molecular flexibility index (Phi) is 8.32. The zero-order valence-electron chi connectivity index (χ0n) is 22.6. The van der Waals surface area contributed by atoms with E-state index in [1.54, 1.807) is 16.4 Å². The summed E-state index contributed by atoms with van der Waals surface area (Å²) in [7, 11) is -1.48. The average Bonchev–Trinajstić information content (AvgIpc) is 3.28. The second-order valence-electron chi connectivity index (χ2n) is 10.9. The SMILES string of the molecule is CCCCNc1ncc2c(-c3ccc(S(=O)(=O)N4CCN(C)CC4)cc3)cn(CC3CCC(N)CC3)c2n1. The molecule has 2 fully saturated rings. The van der Waals surface area contributed by atoms with Crippen molar-refractivity contribution in [2.45, 2.75) is 62.9 Å². The van der Waals surface area contributed by atoms with Crippen molar-refractivity contribution in [3.05, 3.63) is 36.7 Å². The maximum atomic E-state index is 13.2. The number of hydrogen-bond acceptors (Lipinski definition) is 7. The second kappa shape index (κ2) is 11.7. The number of likely N-dealkylation sites (N-methyl/N-ethyl adjacent to an activating group) is 1. The van der Waals surface area contributed by atoms with Gasteiger partial charge in [0, 0.05) is 68.7 Å². The lowest BCUT2D eigenvalue weighted by Crippen LogP contribution is -2.46. The van der Waals surface area contributed by atoms with Gasteiger partial charge in [-0.1, -0.05) is 25.5 Å². The van der Waals surface area contributed by atoms with Crippen LogP contribution in [0.5, 0.6) is 0 Å². The van der Waals surface area contributed by atoms with Crippen LogP contribution in [0.4, 0.5) is 5.95 Å². The van der Waals surface area contributed by atoms with Crippen LogP contribution < -0.4 is 11.1 Å². The van der Waals surface area contributed by atoms with Crippen molar-refractivity contribution in [3.63, 3.8) is 0 Å². The lowest BCUT2D eigenvalue weighted by Gasteiger charge is -2.31. The summed E-state index contributed by atoms with van der Waals surface area (Å²) in [5.74, 6) is 1.22. The fraction of sp³-hybridized carbons (Fsp3) is 0.571. The van der Waals surface area contributed by atoms with Crippen LogP contribution in [0, 0.1) is 5.92 Å². The molecule has 3 N–H and O–H groups in total. The maximum Gasteiger partial charge on any atom is 0.243 e. The third-order valence-electron chi connectivity index (χ3n) is 8.04. The van der Waals surface area contributed by atoms with Crippen molar-refractivity contribution in [3.8, 4) is 11.1 Å². The van der Waals surface area contributed by atoms with Gasteiger partial charge in [0.05, 0.1) is 4.90 Å². The highest BCUT2D eigenvalue weighted by Crippen LogP contribution is 2.33. The molecule has 0 bridgehead atoms. The van der Waals surface area contributed by atoms with Crippen LogP contribution in [-0.4, -0.2) is 78.0 Å². The van der Waals surface area contributed by atoms with Gasteiger partial charge in [-0.25, -0.2) is 13.4 Å². The molecule has 10 heteroatoms. The van der Waals surface area contributed by atoms with Gasteiger partial charge >= 0.3 is 0 Å². The number of fused-ring (bicyclic) bond motifs is 1. The van der Waals surface area contributed by atoms with Crippen LogP contribution in [0.15, 0.2) is 41.6 Å². The number of nitrogens with zero attached hydrogens (tertiary/aromatic N) is 5. The second-order valence-corrected chi connectivity index (χ2v) is 12.9. The Labute approximate surface area is 226 Å². The van der Waals surface area contributed by atoms with Gasteiger partial charge in [0.2, 0.25) is 16.0 Å². The monoisotopic (exact) mass is 539 g/mol. The van der Waals surface area contributed by atoms with Crippen LogP contribution in [0.3, 0.4) is 0 Å². The van der Waals surface area contributed by atoms with Gasteiger partial charge in [0.15, 0.2) is 0 Å². The molecule has 9 nitrogen and oxygen atoms in total. The molecule has 1 aliphatic heterocycles. The zero-order chi connectivity index (χ0) is 26.7. The summed E-state index contributed by atoms with van der Waals surface area (Å²) in [6.45, 7) is 6.45. The number of unbranched alkanes of at least 4 members (excludes halogenated alkanes) is 1. The molecule has 1 saturated carbocycles. The van der Waals surface area contributed by atoms with E-state index >= 15 is 0 Å². The van der Waals surface area contributed by atoms with Crippen LogP contribution >= 0.6 is 0 Å². The summed E-state index contributed by atoms with van der Waals surface area (Å²) in [5, 5.41) is 4.33. The van der Waals surface area contributed by atoms with E-state index in [0.29, 0.717) is 35.9 Å². The number of benzene rings is 1. The van der Waals surface area contributed by atoms with Crippen LogP contribution in [-0.2, 0) is 16.6 Å². The van der Waals surface area contributed by atoms with E-state index in [-0.39, 0.29) is 0 Å². The summed E-state index contributed by atoms with van der Waals surface area (Å²) >= 11 is 0. The normalized spacial score (nSPS) is 21.7. The Morgan fingerprint density at radius 2 is 1.76 bits per heavy atom. The first-order valence-corrected chi connectivity index (χ1v) is 15.4. The molecule has 1 aliphatic carbocycles. The van der Waals surface area contributed by atoms with Crippen molar-refractivity contribution in [2.75, 3.05) is 45.1 Å². The largest absolute Gasteiger partial charge is 0.354 e. The van der Waals surface area contributed by atoms with Crippen LogP contribution in [0.25, 0.3) is 22.2 Å². The summed E-state index contributed by atoms with van der Waals surface area (Å²) < 4.78 is 30.3. The number of sulfonamides is 1. The number of anilines is 1. The fourth-order valence-electron chi connectivity index (χ4n) is 5.53. The van der Waals surface area contributed by atoms with E-state index < -0.39 is 10.0 Å². The number of nitrogens with two attached hydrogens (primary N) is 1. The average molecular weight is 540 g/mol. The lowest BCUT2D eigenvalue weighted by molar-refractivity contribution is 0.222. The Morgan fingerprint density at radius 1 is 1.05 bits per heavy atom. The third kappa shape index (κ3) is 5.88. The molecule has 0 radical (unpaired) electrons. The van der Waals surface area contributed by atoms with Gasteiger partial charge in [0.25, 0.3) is 0 Å². The Bertz CT molecular complexity index is 1320. The van der Waals surface area contributed by atoms with Crippen molar-refractivity contribution >= 4 is 27.0 Å². The topological polar surface area (TPSA) is 109 Å². The van der Waals surface area contributed by atoms with Gasteiger partial charge < -0.3 is 20.5 Å². The molecule has 1 saturated heterocycles. The Hall–Kier alpha value is -2.53. The standard InChI is InChI=1S/C28H41N7O2S/c1-3-4-13-30-28-31-18-25-26(20-34(27(25)32-28)19-21-5-9-23(29)10-6-21)22-7-11-24(12-8-22)38(36,37)35-16-14-33(2)15-17-35/h7-8,11-12,18,20-21,23H,3-6,9-10,13-17,19,29H2,1-2H3,(H,30,31,32). The minimum atomic E-state index is -3.50. The molecule has 38 heavy (non-hydrogen) atoms. The van der Waals surface area contributed by atoms with Gasteiger partial charge in [-0.2, -0.15) is 9.29 Å². The van der Waals surface area contributed by atoms with Gasteiger partial charge in [-0.05, 0) is 62.8 Å². The molecule has 3 heterocycles. The lowest BCUT2D eigenvalue weighted by atomic mass is 9.86. The van der Waals surface area contributed by atoms with E-state index in [4.69, 9.17) is 10.7 Å². The van der Waals surface area contributed by atoms with Crippen molar-refractivity contribution in [1.82, 2.24) is 23.7 Å². The first-order valence-electron chi connectivity index (χ1n) is 14.0. The predicted octanol–water partition coefficient (Wildman–Crippen LogP) is 3.76. The highest BCUT2D eigenvalue weighted by molar-refractivity contribution is 7.89. The molecule has 3 aromatic rings. The Morgan fingerprint density at radius 3 is 2.45 bits per heavy atom. The summed E-state index contributed by atoms with van der Waals surface area (Å²) in [6.07, 6.45) is 10.6. The van der Waals surface area contributed by atoms with Gasteiger partial charge in [-0.15, -0.1) is 0 Å². The van der Waals surface area contributed by atoms with E-state index in [1.165, 1.54) is 0 Å². The molecule has 0 amide bonds. The van der Waals surface area contributed by atoms with E-state index in [0.717, 1.165) is 86.9 Å². The zero-order valence-corrected chi connectivity index (χ0v) is 23.5. The van der Waals surface area contributed by atoms with E-state index in [9.17, 15) is 8.42 Å². The van der Waals surface area contributed by atoms with E-state index in [2.05, 4.69) is 32.9 Å². The molecule has 1 aromatic carbocycles. The van der Waals surface area contributed by atoms with Crippen molar-refractivity contribution < 1.29 is 8.42 Å². The molecule has 2 aromatic heterocycles. The molecule has 2 aliphatic rings. The Balaban J connectivity index is 1.44. The minimum absolute atomic E-state index is 0.320. The number of hydrogen-bond donors (Lipinski definition) is 2. The molecule has 0 atom stereocenters. The first kappa shape index (κ1) is 27.1. The summed E-state index contributed by atoms with van der Waals surface area (Å²) in [6, 6.07) is 7.61. The molecule has 0 spiro atoms. The number of nitrogens with one attached hydrogen (secondary N) is 1. The number of piperazine rings is 1. The molecule has 206 valence electrons. The molecule has 0 unspecified atom stereocenters. The number of rotatable bonds is 9. The fourth-order valence-corrected chi connectivity index (χ4v) is 6.95. The number of aromatic nitrogens is 3. The first-order chi connectivity index (χ1) is 18.3. The third-order valence-corrected chi connectivity index (χ3v) is 9.95. The highest BCUT2D eigenvalue weighted by atomic mass is 32.2. The van der Waals surface area contributed by atoms with Gasteiger partial charge in [-0.3, -0.25) is 0 Å². The smallest absolute Gasteiger partial charge is 0.243 e. The summed E-state index contributed by atoms with van der Waals surface area (Å²) in [5.41, 5.74) is 9.06. The van der Waals surface area contributed by atoms with Gasteiger partial charge in [0.1, 0.15) is 5.65 Å². The molecule has 5 rings (SSSR count). The van der Waals surface area contributed by atoms with Crippen LogP contribution in [0.1, 0.15) is 45.4 Å². The van der Waals surface area contributed by atoms with Crippen LogP contribution in [0.2, 0.25) is 0 Å². The molecular weight excluding hydrogens is 498 g/mol. The quantitative estimate of drug-likeness (QED) is 0.399.